The quantitative estimate of drug-likeness (QED) is 0.873. The number of carbonyl (C=O) groups excluding carboxylic acids is 1. The van der Waals surface area contributed by atoms with Crippen LogP contribution >= 0.6 is 11.6 Å². The molecule has 4 nitrogen and oxygen atoms in total. The number of aliphatic carboxylic acids is 1. The van der Waals surface area contributed by atoms with Gasteiger partial charge >= 0.3 is 5.97 Å². The number of carboxylic acids is 1. The van der Waals surface area contributed by atoms with Crippen LogP contribution in [-0.4, -0.2) is 35.0 Å². The smallest absolute Gasteiger partial charge is 0.311 e. The van der Waals surface area contributed by atoms with E-state index in [9.17, 15) is 14.7 Å². The molecule has 1 aliphatic heterocycles. The summed E-state index contributed by atoms with van der Waals surface area (Å²) in [6.45, 7) is 2.54. The molecule has 112 valence electrons. The van der Waals surface area contributed by atoms with Crippen LogP contribution in [0.4, 0.5) is 0 Å². The van der Waals surface area contributed by atoms with Gasteiger partial charge in [0.05, 0.1) is 5.41 Å². The van der Waals surface area contributed by atoms with Crippen molar-refractivity contribution >= 4 is 29.6 Å². The molecule has 0 spiro atoms. The Bertz CT molecular complexity index is 585. The predicted molar refractivity (Wildman–Crippen MR) is 82.0 cm³/mol. The molecule has 1 heterocycles. The summed E-state index contributed by atoms with van der Waals surface area (Å²) in [5.74, 6) is -1.01. The third-order valence-corrected chi connectivity index (χ3v) is 4.03. The molecule has 0 bridgehead atoms. The number of rotatable bonds is 3. The molecule has 1 aromatic carbocycles. The van der Waals surface area contributed by atoms with Gasteiger partial charge in [-0.25, -0.2) is 0 Å². The molecule has 21 heavy (non-hydrogen) atoms. The Morgan fingerprint density at radius 2 is 2.19 bits per heavy atom. The zero-order valence-corrected chi connectivity index (χ0v) is 12.6. The van der Waals surface area contributed by atoms with Crippen LogP contribution < -0.4 is 0 Å². The molecule has 1 fully saturated rings. The van der Waals surface area contributed by atoms with Crippen molar-refractivity contribution in [3.8, 4) is 0 Å². The zero-order valence-electron chi connectivity index (χ0n) is 11.9. The predicted octanol–water partition coefficient (Wildman–Crippen LogP) is 3.07. The first-order valence-electron chi connectivity index (χ1n) is 6.87. The van der Waals surface area contributed by atoms with E-state index in [0.29, 0.717) is 24.4 Å². The fourth-order valence-corrected chi connectivity index (χ4v) is 2.68. The van der Waals surface area contributed by atoms with E-state index >= 15 is 0 Å². The molecule has 1 saturated heterocycles. The van der Waals surface area contributed by atoms with Crippen molar-refractivity contribution in [1.29, 1.82) is 0 Å². The molecule has 1 aliphatic rings. The van der Waals surface area contributed by atoms with Gasteiger partial charge in [-0.2, -0.15) is 0 Å². The number of amides is 1. The summed E-state index contributed by atoms with van der Waals surface area (Å²) in [5.41, 5.74) is -0.00787. The second kappa shape index (κ2) is 6.31. The zero-order chi connectivity index (χ0) is 15.5. The van der Waals surface area contributed by atoms with Crippen molar-refractivity contribution in [3.63, 3.8) is 0 Å². The summed E-state index contributed by atoms with van der Waals surface area (Å²) in [7, 11) is 0. The summed E-state index contributed by atoms with van der Waals surface area (Å²) in [5, 5.41) is 9.88. The third kappa shape index (κ3) is 3.85. The van der Waals surface area contributed by atoms with E-state index in [1.165, 1.54) is 6.08 Å². The van der Waals surface area contributed by atoms with Gasteiger partial charge in [0.1, 0.15) is 0 Å². The summed E-state index contributed by atoms with van der Waals surface area (Å²) in [6.07, 6.45) is 4.48. The van der Waals surface area contributed by atoms with Gasteiger partial charge in [0.2, 0.25) is 5.91 Å². The van der Waals surface area contributed by atoms with Crippen LogP contribution in [0.15, 0.2) is 30.3 Å². The van der Waals surface area contributed by atoms with E-state index < -0.39 is 11.4 Å². The average Bonchev–Trinajstić information content (AvgIpc) is 2.45. The van der Waals surface area contributed by atoms with Gasteiger partial charge in [0, 0.05) is 24.2 Å². The third-order valence-electron chi connectivity index (χ3n) is 3.79. The van der Waals surface area contributed by atoms with E-state index in [1.54, 1.807) is 30.0 Å². The lowest BCUT2D eigenvalue weighted by molar-refractivity contribution is -0.152. The van der Waals surface area contributed by atoms with E-state index in [4.69, 9.17) is 11.6 Å². The minimum atomic E-state index is -0.849. The number of nitrogens with zero attached hydrogens (tertiary/aromatic N) is 1. The normalized spacial score (nSPS) is 22.5. The maximum absolute atomic E-state index is 12.2. The molecule has 2 rings (SSSR count). The molecule has 1 amide bonds. The first-order chi connectivity index (χ1) is 9.90. The standard InChI is InChI=1S/C16H18ClNO3/c1-16(15(20)21)8-3-9-18(11-16)14(19)7-6-12-4-2-5-13(17)10-12/h2,4-7,10H,3,8-9,11H2,1H3,(H,20,21). The molecule has 1 N–H and O–H groups in total. The fraction of sp³-hybridized carbons (Fsp3) is 0.375. The van der Waals surface area contributed by atoms with Crippen molar-refractivity contribution in [1.82, 2.24) is 4.90 Å². The molecular weight excluding hydrogens is 290 g/mol. The Kier molecular flexibility index (Phi) is 4.68. The Morgan fingerprint density at radius 3 is 2.86 bits per heavy atom. The van der Waals surface area contributed by atoms with Gasteiger partial charge in [-0.3, -0.25) is 9.59 Å². The van der Waals surface area contributed by atoms with Crippen LogP contribution in [0, 0.1) is 5.41 Å². The second-order valence-corrected chi connectivity index (χ2v) is 6.05. The number of piperidine rings is 1. The lowest BCUT2D eigenvalue weighted by Gasteiger charge is -2.37. The Balaban J connectivity index is 2.05. The molecule has 0 aromatic heterocycles. The highest BCUT2D eigenvalue weighted by atomic mass is 35.5. The SMILES string of the molecule is CC1(C(=O)O)CCCN(C(=O)C=Cc2cccc(Cl)c2)C1. The molecule has 0 radical (unpaired) electrons. The largest absolute Gasteiger partial charge is 0.481 e. The number of carbonyl (C=O) groups is 2. The van der Waals surface area contributed by atoms with Crippen LogP contribution in [0.3, 0.4) is 0 Å². The highest BCUT2D eigenvalue weighted by Crippen LogP contribution is 2.29. The summed E-state index contributed by atoms with van der Waals surface area (Å²) in [4.78, 5) is 25.1. The molecule has 1 atom stereocenters. The van der Waals surface area contributed by atoms with E-state index in [0.717, 1.165) is 5.56 Å². The summed E-state index contributed by atoms with van der Waals surface area (Å²) >= 11 is 5.89. The second-order valence-electron chi connectivity index (χ2n) is 5.62. The van der Waals surface area contributed by atoms with Crippen molar-refractivity contribution in [3.05, 3.63) is 40.9 Å². The number of hydrogen-bond donors (Lipinski definition) is 1. The Labute approximate surface area is 129 Å². The van der Waals surface area contributed by atoms with E-state index in [-0.39, 0.29) is 12.5 Å². The summed E-state index contributed by atoms with van der Waals surface area (Å²) < 4.78 is 0. The minimum Gasteiger partial charge on any atom is -0.481 e. The molecule has 5 heteroatoms. The highest BCUT2D eigenvalue weighted by molar-refractivity contribution is 6.30. The topological polar surface area (TPSA) is 57.6 Å². The van der Waals surface area contributed by atoms with Crippen LogP contribution in [-0.2, 0) is 9.59 Å². The van der Waals surface area contributed by atoms with Crippen LogP contribution in [0.1, 0.15) is 25.3 Å². The first kappa shape index (κ1) is 15.6. The number of carboxylic acid groups (broad SMARTS) is 1. The Hall–Kier alpha value is -1.81. The van der Waals surface area contributed by atoms with E-state index in [2.05, 4.69) is 0 Å². The number of hydrogen-bond acceptors (Lipinski definition) is 2. The van der Waals surface area contributed by atoms with Crippen LogP contribution in [0.5, 0.6) is 0 Å². The van der Waals surface area contributed by atoms with Gasteiger partial charge in [-0.1, -0.05) is 23.7 Å². The maximum Gasteiger partial charge on any atom is 0.311 e. The molecule has 0 saturated carbocycles. The number of halogens is 1. The minimum absolute atomic E-state index is 0.165. The average molecular weight is 308 g/mol. The lowest BCUT2D eigenvalue weighted by Crippen LogP contribution is -2.47. The van der Waals surface area contributed by atoms with Crippen molar-refractivity contribution in [2.75, 3.05) is 13.1 Å². The molecule has 1 aromatic rings. The van der Waals surface area contributed by atoms with Gasteiger partial charge in [-0.15, -0.1) is 0 Å². The van der Waals surface area contributed by atoms with Gasteiger partial charge < -0.3 is 10.0 Å². The summed E-state index contributed by atoms with van der Waals surface area (Å²) in [6, 6.07) is 7.20. The van der Waals surface area contributed by atoms with E-state index in [1.807, 2.05) is 12.1 Å². The molecule has 1 unspecified atom stereocenters. The maximum atomic E-state index is 12.2. The van der Waals surface area contributed by atoms with Gasteiger partial charge in [0.25, 0.3) is 0 Å². The Morgan fingerprint density at radius 1 is 1.43 bits per heavy atom. The monoisotopic (exact) mass is 307 g/mol. The highest BCUT2D eigenvalue weighted by Gasteiger charge is 2.38. The first-order valence-corrected chi connectivity index (χ1v) is 7.24. The molecule has 0 aliphatic carbocycles. The lowest BCUT2D eigenvalue weighted by atomic mass is 9.82. The number of benzene rings is 1. The van der Waals surface area contributed by atoms with Gasteiger partial charge in [-0.05, 0) is 43.5 Å². The van der Waals surface area contributed by atoms with Crippen molar-refractivity contribution < 1.29 is 14.7 Å². The van der Waals surface area contributed by atoms with Crippen LogP contribution in [0.2, 0.25) is 5.02 Å². The molecular formula is C16H18ClNO3. The van der Waals surface area contributed by atoms with Crippen molar-refractivity contribution in [2.24, 2.45) is 5.41 Å². The van der Waals surface area contributed by atoms with Gasteiger partial charge in [0.15, 0.2) is 0 Å². The van der Waals surface area contributed by atoms with Crippen LogP contribution in [0.25, 0.3) is 6.08 Å². The fourth-order valence-electron chi connectivity index (χ4n) is 2.49. The number of likely N-dealkylation sites (tertiary alicyclic amines) is 1. The van der Waals surface area contributed by atoms with Crippen molar-refractivity contribution in [2.45, 2.75) is 19.8 Å².